The van der Waals surface area contributed by atoms with Gasteiger partial charge in [-0.25, -0.2) is 0 Å². The molecule has 0 amide bonds. The molecule has 19 heavy (non-hydrogen) atoms. The quantitative estimate of drug-likeness (QED) is 0.778. The fraction of sp³-hybridized carbons (Fsp3) is 0.500. The molecule has 2 rings (SSSR count). The van der Waals surface area contributed by atoms with E-state index in [-0.39, 0.29) is 5.41 Å². The summed E-state index contributed by atoms with van der Waals surface area (Å²) in [7, 11) is 3.24. The predicted molar refractivity (Wildman–Crippen MR) is 78.1 cm³/mol. The number of methoxy groups -OCH3 is 2. The fourth-order valence-corrected chi connectivity index (χ4v) is 2.33. The van der Waals surface area contributed by atoms with Gasteiger partial charge in [-0.2, -0.15) is 0 Å². The molecule has 1 aromatic rings. The minimum absolute atomic E-state index is 0.141. The highest BCUT2D eigenvalue weighted by Crippen LogP contribution is 2.49. The van der Waals surface area contributed by atoms with Crippen LogP contribution in [0.4, 0.5) is 0 Å². The van der Waals surface area contributed by atoms with Crippen LogP contribution < -0.4 is 19.9 Å². The molecule has 1 fully saturated rings. The van der Waals surface area contributed by atoms with E-state index in [0.29, 0.717) is 23.1 Å². The standard InChI is InChI=1S/C14H19NO3S/c1-16-10-5-11(17-2)7-12(6-10)18-9-14(3-4-14)8-13(15)19/h5-7H,3-4,8-9H2,1-2H3,(H2,15,19). The number of benzene rings is 1. The lowest BCUT2D eigenvalue weighted by molar-refractivity contribution is 0.237. The van der Waals surface area contributed by atoms with Gasteiger partial charge in [0.25, 0.3) is 0 Å². The number of thiocarbonyl (C=S) groups is 1. The first-order chi connectivity index (χ1) is 9.07. The lowest BCUT2D eigenvalue weighted by atomic mass is 10.0. The van der Waals surface area contributed by atoms with Crippen molar-refractivity contribution in [2.45, 2.75) is 19.3 Å². The van der Waals surface area contributed by atoms with Crippen molar-refractivity contribution >= 4 is 17.2 Å². The Hall–Kier alpha value is -1.49. The van der Waals surface area contributed by atoms with Crippen molar-refractivity contribution in [3.05, 3.63) is 18.2 Å². The Kier molecular flexibility index (Phi) is 4.14. The largest absolute Gasteiger partial charge is 0.496 e. The molecule has 0 bridgehead atoms. The summed E-state index contributed by atoms with van der Waals surface area (Å²) in [4.78, 5) is 0.560. The molecule has 0 radical (unpaired) electrons. The molecule has 0 saturated heterocycles. The van der Waals surface area contributed by atoms with Crippen LogP contribution >= 0.6 is 12.2 Å². The highest BCUT2D eigenvalue weighted by Gasteiger charge is 2.43. The summed E-state index contributed by atoms with van der Waals surface area (Å²) in [6.45, 7) is 0.626. The number of rotatable bonds is 7. The Morgan fingerprint density at radius 1 is 1.16 bits per heavy atom. The second-order valence-corrected chi connectivity index (χ2v) is 5.50. The molecule has 0 atom stereocenters. The van der Waals surface area contributed by atoms with Crippen LogP contribution in [0.2, 0.25) is 0 Å². The van der Waals surface area contributed by atoms with Gasteiger partial charge in [0.05, 0.1) is 25.8 Å². The summed E-state index contributed by atoms with van der Waals surface area (Å²) in [5.74, 6) is 2.17. The van der Waals surface area contributed by atoms with E-state index >= 15 is 0 Å². The number of nitrogens with two attached hydrogens (primary N) is 1. The third kappa shape index (κ3) is 3.73. The van der Waals surface area contributed by atoms with E-state index < -0.39 is 0 Å². The Morgan fingerprint density at radius 3 is 2.11 bits per heavy atom. The lowest BCUT2D eigenvalue weighted by Gasteiger charge is -2.16. The molecule has 0 unspecified atom stereocenters. The lowest BCUT2D eigenvalue weighted by Crippen LogP contribution is -2.21. The average molecular weight is 281 g/mol. The monoisotopic (exact) mass is 281 g/mol. The normalized spacial score (nSPS) is 15.7. The zero-order valence-corrected chi connectivity index (χ0v) is 12.1. The van der Waals surface area contributed by atoms with Crippen molar-refractivity contribution in [2.75, 3.05) is 20.8 Å². The Labute approximate surface area is 118 Å². The van der Waals surface area contributed by atoms with Crippen LogP contribution in [-0.2, 0) is 0 Å². The van der Waals surface area contributed by atoms with Gasteiger partial charge >= 0.3 is 0 Å². The number of hydrogen-bond donors (Lipinski definition) is 1. The van der Waals surface area contributed by atoms with Gasteiger partial charge in [-0.1, -0.05) is 12.2 Å². The van der Waals surface area contributed by atoms with Gasteiger partial charge in [0.1, 0.15) is 17.2 Å². The number of hydrogen-bond acceptors (Lipinski definition) is 4. The molecular formula is C14H19NO3S. The molecule has 0 aliphatic heterocycles. The third-order valence-corrected chi connectivity index (χ3v) is 3.52. The van der Waals surface area contributed by atoms with E-state index in [1.54, 1.807) is 14.2 Å². The van der Waals surface area contributed by atoms with Crippen molar-refractivity contribution < 1.29 is 14.2 Å². The Bertz CT molecular complexity index is 450. The highest BCUT2D eigenvalue weighted by atomic mass is 32.1. The highest BCUT2D eigenvalue weighted by molar-refractivity contribution is 7.80. The minimum atomic E-state index is 0.141. The SMILES string of the molecule is COc1cc(OC)cc(OCC2(CC(N)=S)CC2)c1. The zero-order chi connectivity index (χ0) is 13.9. The Balaban J connectivity index is 2.01. The van der Waals surface area contributed by atoms with Gasteiger partial charge in [-0.15, -0.1) is 0 Å². The molecule has 1 saturated carbocycles. The van der Waals surface area contributed by atoms with Crippen LogP contribution in [0.1, 0.15) is 19.3 Å². The molecule has 1 aliphatic carbocycles. The topological polar surface area (TPSA) is 53.7 Å². The summed E-state index contributed by atoms with van der Waals surface area (Å²) < 4.78 is 16.3. The van der Waals surface area contributed by atoms with Crippen molar-refractivity contribution in [1.82, 2.24) is 0 Å². The predicted octanol–water partition coefficient (Wildman–Crippen LogP) is 2.54. The van der Waals surface area contributed by atoms with E-state index in [0.717, 1.165) is 25.0 Å². The summed E-state index contributed by atoms with van der Waals surface area (Å²) in [6, 6.07) is 5.51. The molecule has 0 aromatic heterocycles. The van der Waals surface area contributed by atoms with Crippen LogP contribution in [0.3, 0.4) is 0 Å². The average Bonchev–Trinajstić information content (AvgIpc) is 3.15. The van der Waals surface area contributed by atoms with E-state index in [1.807, 2.05) is 18.2 Å². The number of ether oxygens (including phenoxy) is 3. The second-order valence-electron chi connectivity index (χ2n) is 4.98. The molecule has 104 valence electrons. The maximum Gasteiger partial charge on any atom is 0.126 e. The van der Waals surface area contributed by atoms with Crippen molar-refractivity contribution in [2.24, 2.45) is 11.1 Å². The molecule has 1 aliphatic rings. The van der Waals surface area contributed by atoms with Crippen LogP contribution in [0, 0.1) is 5.41 Å². The molecule has 0 heterocycles. The van der Waals surface area contributed by atoms with Crippen molar-refractivity contribution in [1.29, 1.82) is 0 Å². The Morgan fingerprint density at radius 2 is 1.68 bits per heavy atom. The molecule has 2 N–H and O–H groups in total. The van der Waals surface area contributed by atoms with Gasteiger partial charge in [0.15, 0.2) is 0 Å². The molecule has 4 nitrogen and oxygen atoms in total. The van der Waals surface area contributed by atoms with Gasteiger partial charge in [0, 0.05) is 30.0 Å². The second kappa shape index (κ2) is 5.65. The van der Waals surface area contributed by atoms with Crippen LogP contribution in [0.15, 0.2) is 18.2 Å². The first kappa shape index (κ1) is 13.9. The molecule has 5 heteroatoms. The van der Waals surface area contributed by atoms with Gasteiger partial charge < -0.3 is 19.9 Å². The van der Waals surface area contributed by atoms with E-state index in [9.17, 15) is 0 Å². The van der Waals surface area contributed by atoms with Gasteiger partial charge in [-0.05, 0) is 12.8 Å². The van der Waals surface area contributed by atoms with E-state index in [1.165, 1.54) is 0 Å². The van der Waals surface area contributed by atoms with Crippen LogP contribution in [0.5, 0.6) is 17.2 Å². The van der Waals surface area contributed by atoms with Gasteiger partial charge in [0.2, 0.25) is 0 Å². The van der Waals surface area contributed by atoms with Crippen molar-refractivity contribution in [3.63, 3.8) is 0 Å². The smallest absolute Gasteiger partial charge is 0.126 e. The van der Waals surface area contributed by atoms with E-state index in [4.69, 9.17) is 32.2 Å². The summed E-state index contributed by atoms with van der Waals surface area (Å²) in [5.41, 5.74) is 5.76. The minimum Gasteiger partial charge on any atom is -0.496 e. The fourth-order valence-electron chi connectivity index (χ4n) is 2.02. The third-order valence-electron chi connectivity index (χ3n) is 3.38. The van der Waals surface area contributed by atoms with Gasteiger partial charge in [-0.3, -0.25) is 0 Å². The first-order valence-electron chi connectivity index (χ1n) is 6.21. The van der Waals surface area contributed by atoms with Crippen molar-refractivity contribution in [3.8, 4) is 17.2 Å². The first-order valence-corrected chi connectivity index (χ1v) is 6.62. The van der Waals surface area contributed by atoms with Crippen LogP contribution in [-0.4, -0.2) is 25.8 Å². The van der Waals surface area contributed by atoms with E-state index in [2.05, 4.69) is 0 Å². The van der Waals surface area contributed by atoms with Crippen LogP contribution in [0.25, 0.3) is 0 Å². The maximum atomic E-state index is 5.84. The summed E-state index contributed by atoms with van der Waals surface area (Å²) in [6.07, 6.45) is 2.99. The zero-order valence-electron chi connectivity index (χ0n) is 11.3. The summed E-state index contributed by atoms with van der Waals surface area (Å²) in [5, 5.41) is 0. The molecule has 0 spiro atoms. The summed E-state index contributed by atoms with van der Waals surface area (Å²) >= 11 is 4.98. The molecule has 1 aromatic carbocycles. The molecular weight excluding hydrogens is 262 g/mol. The maximum absolute atomic E-state index is 5.84.